The van der Waals surface area contributed by atoms with Gasteiger partial charge in [-0.25, -0.2) is 4.52 Å². The largest absolute Gasteiger partial charge is 0.494 e. The summed E-state index contributed by atoms with van der Waals surface area (Å²) in [7, 11) is 0. The number of rotatable bonds is 8. The summed E-state index contributed by atoms with van der Waals surface area (Å²) < 4.78 is 8.66. The van der Waals surface area contributed by atoms with Gasteiger partial charge in [-0.05, 0) is 37.3 Å². The summed E-state index contributed by atoms with van der Waals surface area (Å²) >= 11 is 0. The molecule has 168 valence electrons. The van der Waals surface area contributed by atoms with E-state index in [1.807, 2.05) is 42.2 Å². The molecule has 8 heteroatoms. The molecule has 1 aromatic carbocycles. The highest BCUT2D eigenvalue weighted by molar-refractivity contribution is 5.76. The van der Waals surface area contributed by atoms with Crippen molar-refractivity contribution in [2.75, 3.05) is 39.3 Å². The molecule has 1 aliphatic heterocycles. The maximum Gasteiger partial charge on any atom is 0.276 e. The van der Waals surface area contributed by atoms with Gasteiger partial charge in [0.15, 0.2) is 0 Å². The van der Waals surface area contributed by atoms with Crippen LogP contribution in [0.15, 0.2) is 60.2 Å². The molecule has 3 heterocycles. The Bertz CT molecular complexity index is 1140. The first-order valence-electron chi connectivity index (χ1n) is 11.0. The Hall–Kier alpha value is -3.39. The molecule has 0 bridgehead atoms. The zero-order valence-corrected chi connectivity index (χ0v) is 18.4. The van der Waals surface area contributed by atoms with Crippen molar-refractivity contribution in [3.05, 3.63) is 65.7 Å². The van der Waals surface area contributed by atoms with E-state index in [9.17, 15) is 9.59 Å². The second-order valence-electron chi connectivity index (χ2n) is 7.83. The minimum absolute atomic E-state index is 0.0820. The van der Waals surface area contributed by atoms with Crippen LogP contribution >= 0.6 is 0 Å². The highest BCUT2D eigenvalue weighted by atomic mass is 16.5. The number of aromatic nitrogens is 3. The average molecular weight is 436 g/mol. The van der Waals surface area contributed by atoms with Gasteiger partial charge >= 0.3 is 0 Å². The molecule has 0 spiro atoms. The molecular weight excluding hydrogens is 406 g/mol. The van der Waals surface area contributed by atoms with Gasteiger partial charge in [0.1, 0.15) is 11.3 Å². The van der Waals surface area contributed by atoms with Crippen molar-refractivity contribution in [3.63, 3.8) is 0 Å². The van der Waals surface area contributed by atoms with E-state index in [4.69, 9.17) is 4.74 Å². The van der Waals surface area contributed by atoms with E-state index in [-0.39, 0.29) is 11.5 Å². The topological polar surface area (TPSA) is 72.1 Å². The monoisotopic (exact) mass is 435 g/mol. The first-order chi connectivity index (χ1) is 15.6. The van der Waals surface area contributed by atoms with Gasteiger partial charge in [-0.2, -0.15) is 5.10 Å². The fraction of sp³-hybridized carbons (Fsp3) is 0.375. The number of amides is 1. The molecule has 0 radical (unpaired) electrons. The standard InChI is InChI=1S/C24H29N5O3/c1-3-10-26-12-14-27(15-13-26)23(30)9-11-28-16-17-29-22(24(28)31)18-21(25-29)19-5-7-20(8-6-19)32-4-2/h3,5-8,16-18H,1,4,9-15H2,2H3. The molecule has 0 N–H and O–H groups in total. The molecule has 1 fully saturated rings. The second kappa shape index (κ2) is 9.82. The van der Waals surface area contributed by atoms with E-state index in [0.29, 0.717) is 38.2 Å². The van der Waals surface area contributed by atoms with Crippen molar-refractivity contribution < 1.29 is 9.53 Å². The minimum Gasteiger partial charge on any atom is -0.494 e. The Morgan fingerprint density at radius 3 is 2.59 bits per heavy atom. The van der Waals surface area contributed by atoms with E-state index in [1.165, 1.54) is 0 Å². The van der Waals surface area contributed by atoms with Crippen molar-refractivity contribution in [2.45, 2.75) is 19.9 Å². The van der Waals surface area contributed by atoms with Crippen LogP contribution in [-0.2, 0) is 11.3 Å². The molecule has 2 aromatic heterocycles. The minimum atomic E-state index is -0.152. The number of benzene rings is 1. The Balaban J connectivity index is 1.43. The Morgan fingerprint density at radius 1 is 1.16 bits per heavy atom. The highest BCUT2D eigenvalue weighted by Crippen LogP contribution is 2.22. The van der Waals surface area contributed by atoms with Crippen LogP contribution in [0.25, 0.3) is 16.8 Å². The molecule has 3 aromatic rings. The van der Waals surface area contributed by atoms with Crippen LogP contribution in [0.1, 0.15) is 13.3 Å². The number of fused-ring (bicyclic) bond motifs is 1. The molecule has 8 nitrogen and oxygen atoms in total. The predicted molar refractivity (Wildman–Crippen MR) is 124 cm³/mol. The normalized spacial score (nSPS) is 14.6. The van der Waals surface area contributed by atoms with Gasteiger partial charge < -0.3 is 14.2 Å². The average Bonchev–Trinajstić information content (AvgIpc) is 3.25. The fourth-order valence-electron chi connectivity index (χ4n) is 3.97. The Kier molecular flexibility index (Phi) is 6.70. The summed E-state index contributed by atoms with van der Waals surface area (Å²) in [5.41, 5.74) is 1.97. The van der Waals surface area contributed by atoms with Crippen molar-refractivity contribution in [1.82, 2.24) is 24.0 Å². The van der Waals surface area contributed by atoms with E-state index in [0.717, 1.165) is 36.6 Å². The second-order valence-corrected chi connectivity index (χ2v) is 7.83. The first kappa shape index (κ1) is 21.8. The zero-order valence-electron chi connectivity index (χ0n) is 18.4. The summed E-state index contributed by atoms with van der Waals surface area (Å²) in [6.45, 7) is 10.7. The summed E-state index contributed by atoms with van der Waals surface area (Å²) in [6, 6.07) is 9.43. The summed E-state index contributed by atoms with van der Waals surface area (Å²) in [5, 5.41) is 4.53. The number of carbonyl (C=O) groups is 1. The lowest BCUT2D eigenvalue weighted by Gasteiger charge is -2.34. The number of piperazine rings is 1. The number of nitrogens with zero attached hydrogens (tertiary/aromatic N) is 5. The highest BCUT2D eigenvalue weighted by Gasteiger charge is 2.20. The van der Waals surface area contributed by atoms with Crippen LogP contribution in [-0.4, -0.2) is 69.2 Å². The van der Waals surface area contributed by atoms with E-state index < -0.39 is 0 Å². The van der Waals surface area contributed by atoms with E-state index in [2.05, 4.69) is 16.6 Å². The third-order valence-corrected chi connectivity index (χ3v) is 5.74. The number of hydrogen-bond donors (Lipinski definition) is 0. The van der Waals surface area contributed by atoms with Crippen molar-refractivity contribution in [2.24, 2.45) is 0 Å². The lowest BCUT2D eigenvalue weighted by atomic mass is 10.1. The maximum atomic E-state index is 13.0. The van der Waals surface area contributed by atoms with E-state index >= 15 is 0 Å². The Morgan fingerprint density at radius 2 is 1.91 bits per heavy atom. The molecule has 32 heavy (non-hydrogen) atoms. The Labute approximate surface area is 187 Å². The van der Waals surface area contributed by atoms with Gasteiger partial charge in [0.05, 0.1) is 12.3 Å². The summed E-state index contributed by atoms with van der Waals surface area (Å²) in [4.78, 5) is 29.7. The van der Waals surface area contributed by atoms with Gasteiger partial charge in [0.2, 0.25) is 5.91 Å². The zero-order chi connectivity index (χ0) is 22.5. The summed E-state index contributed by atoms with van der Waals surface area (Å²) in [6.07, 6.45) is 5.64. The van der Waals surface area contributed by atoms with Gasteiger partial charge in [-0.15, -0.1) is 6.58 Å². The van der Waals surface area contributed by atoms with Crippen LogP contribution in [0.5, 0.6) is 5.75 Å². The molecule has 4 rings (SSSR count). The van der Waals surface area contributed by atoms with Crippen LogP contribution < -0.4 is 10.3 Å². The van der Waals surface area contributed by atoms with Gasteiger partial charge in [-0.3, -0.25) is 14.5 Å². The molecule has 1 saturated heterocycles. The number of hydrogen-bond acceptors (Lipinski definition) is 5. The number of ether oxygens (including phenoxy) is 1. The van der Waals surface area contributed by atoms with Crippen LogP contribution in [0.4, 0.5) is 0 Å². The van der Waals surface area contributed by atoms with Crippen LogP contribution in [0.3, 0.4) is 0 Å². The molecular formula is C24H29N5O3. The van der Waals surface area contributed by atoms with Crippen LogP contribution in [0.2, 0.25) is 0 Å². The van der Waals surface area contributed by atoms with Gasteiger partial charge in [-0.1, -0.05) is 6.08 Å². The first-order valence-corrected chi connectivity index (χ1v) is 11.0. The maximum absolute atomic E-state index is 13.0. The fourth-order valence-corrected chi connectivity index (χ4v) is 3.97. The molecule has 1 amide bonds. The number of carbonyl (C=O) groups excluding carboxylic acids is 1. The number of aryl methyl sites for hydroxylation is 1. The molecule has 0 unspecified atom stereocenters. The quantitative estimate of drug-likeness (QED) is 0.508. The van der Waals surface area contributed by atoms with Gasteiger partial charge in [0.25, 0.3) is 5.56 Å². The molecule has 0 saturated carbocycles. The van der Waals surface area contributed by atoms with Crippen molar-refractivity contribution in [1.29, 1.82) is 0 Å². The third kappa shape index (κ3) is 4.75. The lowest BCUT2D eigenvalue weighted by Crippen LogP contribution is -2.48. The van der Waals surface area contributed by atoms with E-state index in [1.54, 1.807) is 27.5 Å². The predicted octanol–water partition coefficient (Wildman–Crippen LogP) is 2.28. The smallest absolute Gasteiger partial charge is 0.276 e. The molecule has 0 atom stereocenters. The van der Waals surface area contributed by atoms with Crippen molar-refractivity contribution >= 4 is 11.4 Å². The lowest BCUT2D eigenvalue weighted by molar-refractivity contribution is -0.133. The van der Waals surface area contributed by atoms with Crippen molar-refractivity contribution in [3.8, 4) is 17.0 Å². The van der Waals surface area contributed by atoms with Crippen LogP contribution in [0, 0.1) is 0 Å². The van der Waals surface area contributed by atoms with Gasteiger partial charge in [0, 0.05) is 63.6 Å². The molecule has 0 aliphatic carbocycles. The molecule has 1 aliphatic rings. The SMILES string of the molecule is C=CCN1CCN(C(=O)CCn2ccn3nc(-c4ccc(OCC)cc4)cc3c2=O)CC1. The third-order valence-electron chi connectivity index (χ3n) is 5.74. The summed E-state index contributed by atoms with van der Waals surface area (Å²) in [5.74, 6) is 0.882.